The lowest BCUT2D eigenvalue weighted by atomic mass is 10.1. The Kier molecular flexibility index (Phi) is 7.65. The van der Waals surface area contributed by atoms with E-state index in [1.165, 1.54) is 0 Å². The number of esters is 2. The summed E-state index contributed by atoms with van der Waals surface area (Å²) in [5.74, 6) is -0.795. The van der Waals surface area contributed by atoms with Crippen molar-refractivity contribution in [3.63, 3.8) is 0 Å². The molecule has 1 atom stereocenters. The molecule has 0 fully saturated rings. The number of hydrogen-bond donors (Lipinski definition) is 1. The molecule has 2 rings (SSSR count). The van der Waals surface area contributed by atoms with Crippen LogP contribution in [0.4, 0.5) is 0 Å². The van der Waals surface area contributed by atoms with E-state index in [1.54, 1.807) is 78.1 Å². The molecule has 0 bridgehead atoms. The monoisotopic (exact) mass is 429 g/mol. The lowest BCUT2D eigenvalue weighted by Gasteiger charge is -2.25. The highest BCUT2D eigenvalue weighted by Gasteiger charge is 2.28. The van der Waals surface area contributed by atoms with Gasteiger partial charge in [-0.15, -0.1) is 0 Å². The third-order valence-electron chi connectivity index (χ3n) is 4.01. The van der Waals surface area contributed by atoms with Gasteiger partial charge in [-0.05, 0) is 72.2 Å². The van der Waals surface area contributed by atoms with Gasteiger partial charge in [-0.3, -0.25) is 9.59 Å². The average molecular weight is 430 g/mol. The zero-order valence-electron chi connectivity index (χ0n) is 19.0. The normalized spacial score (nSPS) is 12.7. The lowest BCUT2D eigenvalue weighted by Crippen LogP contribution is -2.44. The van der Waals surface area contributed by atoms with Gasteiger partial charge in [0.1, 0.15) is 23.0 Å². The molecule has 2 aromatic rings. The van der Waals surface area contributed by atoms with Crippen LogP contribution in [0.3, 0.4) is 0 Å². The minimum Gasteiger partial charge on any atom is -0.464 e. The zero-order valence-corrected chi connectivity index (χ0v) is 19.0. The number of rotatable bonds is 7. The first kappa shape index (κ1) is 24.2. The molecule has 0 aliphatic heterocycles. The van der Waals surface area contributed by atoms with Crippen LogP contribution in [0.2, 0.25) is 0 Å². The number of furan rings is 1. The molecule has 0 unspecified atom stereocenters. The number of hydrogen-bond acceptors (Lipinski definition) is 6. The van der Waals surface area contributed by atoms with Crippen molar-refractivity contribution in [2.75, 3.05) is 0 Å². The predicted octanol–water partition coefficient (Wildman–Crippen LogP) is 4.51. The van der Waals surface area contributed by atoms with Gasteiger partial charge in [-0.2, -0.15) is 0 Å². The van der Waals surface area contributed by atoms with E-state index in [9.17, 15) is 14.4 Å². The quantitative estimate of drug-likeness (QED) is 0.651. The highest BCUT2D eigenvalue weighted by atomic mass is 16.6. The number of benzene rings is 1. The second-order valence-electron chi connectivity index (χ2n) is 9.24. The summed E-state index contributed by atoms with van der Waals surface area (Å²) in [5, 5.41) is 2.68. The van der Waals surface area contributed by atoms with Crippen molar-refractivity contribution in [2.45, 2.75) is 71.6 Å². The van der Waals surface area contributed by atoms with Crippen molar-refractivity contribution in [3.05, 3.63) is 48.2 Å². The summed E-state index contributed by atoms with van der Waals surface area (Å²) in [5.41, 5.74) is -0.148. The van der Waals surface area contributed by atoms with Crippen LogP contribution in [0.1, 0.15) is 64.7 Å². The predicted molar refractivity (Wildman–Crippen MR) is 116 cm³/mol. The maximum atomic E-state index is 12.7. The van der Waals surface area contributed by atoms with E-state index in [4.69, 9.17) is 13.9 Å². The van der Waals surface area contributed by atoms with Gasteiger partial charge in [0.25, 0.3) is 5.91 Å². The van der Waals surface area contributed by atoms with Crippen LogP contribution in [0.25, 0.3) is 11.3 Å². The Bertz CT molecular complexity index is 886. The number of carbonyl (C=O) groups is 3. The standard InChI is InChI=1S/C24H31NO6/c1-23(2,3)30-20(26)14-13-18(22(28)31-24(4,5)6)25-21(27)17-11-9-16(10-12-17)19-8-7-15-29-19/h7-12,15,18H,13-14H2,1-6H3,(H,25,27)/t18-/m0/s1. The molecule has 1 amide bonds. The summed E-state index contributed by atoms with van der Waals surface area (Å²) in [6.07, 6.45) is 1.62. The number of nitrogens with one attached hydrogen (secondary N) is 1. The molecule has 1 N–H and O–H groups in total. The molecule has 0 aliphatic carbocycles. The fourth-order valence-electron chi connectivity index (χ4n) is 2.75. The van der Waals surface area contributed by atoms with E-state index in [0.717, 1.165) is 5.56 Å². The molecule has 1 aromatic heterocycles. The van der Waals surface area contributed by atoms with Gasteiger partial charge < -0.3 is 19.2 Å². The van der Waals surface area contributed by atoms with E-state index < -0.39 is 35.1 Å². The van der Waals surface area contributed by atoms with Crippen LogP contribution in [-0.4, -0.2) is 35.1 Å². The smallest absolute Gasteiger partial charge is 0.329 e. The van der Waals surface area contributed by atoms with Gasteiger partial charge >= 0.3 is 11.9 Å². The van der Waals surface area contributed by atoms with Crippen molar-refractivity contribution in [2.24, 2.45) is 0 Å². The van der Waals surface area contributed by atoms with Gasteiger partial charge in [-0.25, -0.2) is 4.79 Å². The minimum atomic E-state index is -0.982. The number of carbonyl (C=O) groups excluding carboxylic acids is 3. The van der Waals surface area contributed by atoms with Crippen LogP contribution in [0.15, 0.2) is 47.1 Å². The first-order valence-corrected chi connectivity index (χ1v) is 10.2. The topological polar surface area (TPSA) is 94.8 Å². The second-order valence-corrected chi connectivity index (χ2v) is 9.24. The lowest BCUT2D eigenvalue weighted by molar-refractivity contribution is -0.158. The maximum Gasteiger partial charge on any atom is 0.329 e. The highest BCUT2D eigenvalue weighted by Crippen LogP contribution is 2.20. The van der Waals surface area contributed by atoms with Crippen LogP contribution < -0.4 is 5.32 Å². The molecule has 168 valence electrons. The Labute approximate surface area is 183 Å². The summed E-state index contributed by atoms with van der Waals surface area (Å²) in [4.78, 5) is 37.5. The van der Waals surface area contributed by atoms with Crippen molar-refractivity contribution in [1.29, 1.82) is 0 Å². The Hall–Kier alpha value is -3.09. The van der Waals surface area contributed by atoms with E-state index in [-0.39, 0.29) is 12.8 Å². The second kappa shape index (κ2) is 9.81. The zero-order chi connectivity index (χ0) is 23.2. The third-order valence-corrected chi connectivity index (χ3v) is 4.01. The Morgan fingerprint density at radius 2 is 1.55 bits per heavy atom. The molecule has 1 heterocycles. The molecular formula is C24H31NO6. The van der Waals surface area contributed by atoms with E-state index in [2.05, 4.69) is 5.32 Å². The summed E-state index contributed by atoms with van der Waals surface area (Å²) < 4.78 is 16.1. The van der Waals surface area contributed by atoms with Crippen molar-refractivity contribution in [1.82, 2.24) is 5.32 Å². The molecule has 0 radical (unpaired) electrons. The number of amides is 1. The van der Waals surface area contributed by atoms with E-state index >= 15 is 0 Å². The molecule has 31 heavy (non-hydrogen) atoms. The Balaban J connectivity index is 2.08. The molecule has 0 aliphatic rings. The van der Waals surface area contributed by atoms with Crippen molar-refractivity contribution < 1.29 is 28.3 Å². The molecular weight excluding hydrogens is 398 g/mol. The fourth-order valence-corrected chi connectivity index (χ4v) is 2.75. The summed E-state index contributed by atoms with van der Waals surface area (Å²) >= 11 is 0. The molecule has 7 nitrogen and oxygen atoms in total. The SMILES string of the molecule is CC(C)(C)OC(=O)CC[C@H](NC(=O)c1ccc(-c2ccco2)cc1)C(=O)OC(C)(C)C. The fraction of sp³-hybridized carbons (Fsp3) is 0.458. The van der Waals surface area contributed by atoms with Gasteiger partial charge in [-0.1, -0.05) is 12.1 Å². The maximum absolute atomic E-state index is 12.7. The first-order chi connectivity index (χ1) is 14.3. The van der Waals surface area contributed by atoms with Crippen LogP contribution in [0, 0.1) is 0 Å². The number of ether oxygens (including phenoxy) is 2. The Morgan fingerprint density at radius 1 is 0.935 bits per heavy atom. The largest absolute Gasteiger partial charge is 0.464 e. The van der Waals surface area contributed by atoms with Gasteiger partial charge in [0, 0.05) is 17.5 Å². The Morgan fingerprint density at radius 3 is 2.06 bits per heavy atom. The molecule has 0 saturated heterocycles. The highest BCUT2D eigenvalue weighted by molar-refractivity contribution is 5.97. The molecule has 0 spiro atoms. The molecule has 1 aromatic carbocycles. The van der Waals surface area contributed by atoms with Gasteiger partial charge in [0.2, 0.25) is 0 Å². The van der Waals surface area contributed by atoms with Gasteiger partial charge in [0.05, 0.1) is 6.26 Å². The van der Waals surface area contributed by atoms with Gasteiger partial charge in [0.15, 0.2) is 0 Å². The summed E-state index contributed by atoms with van der Waals surface area (Å²) in [6.45, 7) is 10.5. The molecule has 7 heteroatoms. The summed E-state index contributed by atoms with van der Waals surface area (Å²) in [6, 6.07) is 9.44. The van der Waals surface area contributed by atoms with E-state index in [0.29, 0.717) is 11.3 Å². The van der Waals surface area contributed by atoms with Crippen LogP contribution in [-0.2, 0) is 19.1 Å². The summed E-state index contributed by atoms with van der Waals surface area (Å²) in [7, 11) is 0. The molecule has 0 saturated carbocycles. The third kappa shape index (κ3) is 8.28. The van der Waals surface area contributed by atoms with Crippen LogP contribution >= 0.6 is 0 Å². The van der Waals surface area contributed by atoms with Crippen molar-refractivity contribution >= 4 is 17.8 Å². The first-order valence-electron chi connectivity index (χ1n) is 10.2. The van der Waals surface area contributed by atoms with Crippen LogP contribution in [0.5, 0.6) is 0 Å². The average Bonchev–Trinajstić information content (AvgIpc) is 3.17. The minimum absolute atomic E-state index is 0.0289. The van der Waals surface area contributed by atoms with Crippen molar-refractivity contribution in [3.8, 4) is 11.3 Å². The van der Waals surface area contributed by atoms with E-state index in [1.807, 2.05) is 6.07 Å².